The van der Waals surface area contributed by atoms with Crippen molar-refractivity contribution in [2.45, 2.75) is 44.3 Å². The summed E-state index contributed by atoms with van der Waals surface area (Å²) in [5.74, 6) is -2.67. The van der Waals surface area contributed by atoms with E-state index in [1.165, 1.54) is 11.8 Å². The minimum absolute atomic E-state index is 0.323. The van der Waals surface area contributed by atoms with Gasteiger partial charge < -0.3 is 25.4 Å². The van der Waals surface area contributed by atoms with Crippen molar-refractivity contribution in [2.24, 2.45) is 0 Å². The minimum atomic E-state index is -1.22. The molecule has 3 rings (SSSR count). The van der Waals surface area contributed by atoms with Gasteiger partial charge in [-0.2, -0.15) is 0 Å². The molecule has 3 N–H and O–H groups in total. The third-order valence-corrected chi connectivity index (χ3v) is 5.31. The van der Waals surface area contributed by atoms with E-state index in [0.29, 0.717) is 31.2 Å². The normalized spacial score (nSPS) is 17.4. The molecule has 0 unspecified atom stereocenters. The summed E-state index contributed by atoms with van der Waals surface area (Å²) in [5, 5.41) is 14.6. The molecule has 0 spiro atoms. The lowest BCUT2D eigenvalue weighted by Crippen LogP contribution is -2.54. The first-order chi connectivity index (χ1) is 15.3. The van der Waals surface area contributed by atoms with Gasteiger partial charge >= 0.3 is 5.97 Å². The summed E-state index contributed by atoms with van der Waals surface area (Å²) >= 11 is 0. The third kappa shape index (κ3) is 5.26. The van der Waals surface area contributed by atoms with Crippen molar-refractivity contribution in [2.75, 3.05) is 6.54 Å². The quantitative estimate of drug-likeness (QED) is 0.507. The lowest BCUT2D eigenvalue weighted by Gasteiger charge is -2.27. The molecular weight excluding hydrogens is 416 g/mol. The van der Waals surface area contributed by atoms with E-state index >= 15 is 0 Å². The fourth-order valence-corrected chi connectivity index (χ4v) is 3.71. The van der Waals surface area contributed by atoms with E-state index in [4.69, 9.17) is 5.11 Å². The topological polar surface area (TPSA) is 146 Å². The zero-order valence-electron chi connectivity index (χ0n) is 17.5. The van der Waals surface area contributed by atoms with Crippen molar-refractivity contribution >= 4 is 40.9 Å². The first-order valence-electron chi connectivity index (χ1n) is 10.2. The highest BCUT2D eigenvalue weighted by molar-refractivity contribution is 6.00. The number of carbonyl (C=O) groups excluding carboxylic acids is 4. The molecule has 1 aliphatic rings. The highest BCUT2D eigenvalue weighted by atomic mass is 16.4. The minimum Gasteiger partial charge on any atom is -0.481 e. The summed E-state index contributed by atoms with van der Waals surface area (Å²) in [4.78, 5) is 65.5. The second-order valence-corrected chi connectivity index (χ2v) is 7.64. The van der Waals surface area contributed by atoms with E-state index in [1.54, 1.807) is 30.5 Å². The fourth-order valence-electron chi connectivity index (χ4n) is 3.71. The van der Waals surface area contributed by atoms with Crippen LogP contribution in [-0.2, 0) is 19.2 Å². The molecule has 0 aliphatic carbocycles. The standard InChI is InChI=1S/C22H24N4O6/c1-13(24-20(30)15-6-7-17-14(10-15)4-2-8-23-17)22(32)26-9-3-5-18(26)21(31)25-16(12-27)11-19(28)29/h2,4,6-8,10,12-13,16,18H,3,5,9,11H2,1H3,(H,24,30)(H,25,31)(H,28,29)/t13-,16-,18-/m0/s1. The van der Waals surface area contributed by atoms with Crippen LogP contribution in [0.3, 0.4) is 0 Å². The number of pyridine rings is 1. The number of hydrogen-bond donors (Lipinski definition) is 3. The Morgan fingerprint density at radius 3 is 2.75 bits per heavy atom. The third-order valence-electron chi connectivity index (χ3n) is 5.31. The van der Waals surface area contributed by atoms with Gasteiger partial charge in [0.15, 0.2) is 0 Å². The first kappa shape index (κ1) is 22.9. The molecule has 1 aliphatic heterocycles. The Labute approximate surface area is 184 Å². The largest absolute Gasteiger partial charge is 0.481 e. The van der Waals surface area contributed by atoms with E-state index in [2.05, 4.69) is 15.6 Å². The average Bonchev–Trinajstić information content (AvgIpc) is 3.27. The van der Waals surface area contributed by atoms with Crippen LogP contribution in [-0.4, -0.2) is 69.6 Å². The number of nitrogens with one attached hydrogen (secondary N) is 2. The van der Waals surface area contributed by atoms with Crippen LogP contribution in [0.15, 0.2) is 36.5 Å². The number of fused-ring (bicyclic) bond motifs is 1. The molecule has 168 valence electrons. The van der Waals surface area contributed by atoms with E-state index in [1.807, 2.05) is 6.07 Å². The monoisotopic (exact) mass is 440 g/mol. The molecule has 1 fully saturated rings. The van der Waals surface area contributed by atoms with Gasteiger partial charge in [-0.15, -0.1) is 0 Å². The van der Waals surface area contributed by atoms with Crippen LogP contribution < -0.4 is 10.6 Å². The van der Waals surface area contributed by atoms with Gasteiger partial charge in [0, 0.05) is 23.7 Å². The summed E-state index contributed by atoms with van der Waals surface area (Å²) in [6.45, 7) is 1.86. The molecule has 3 atom stereocenters. The van der Waals surface area contributed by atoms with E-state index in [0.717, 1.165) is 10.9 Å². The maximum absolute atomic E-state index is 12.9. The lowest BCUT2D eigenvalue weighted by molar-refractivity contribution is -0.141. The van der Waals surface area contributed by atoms with Crippen LogP contribution in [0.25, 0.3) is 10.9 Å². The zero-order valence-corrected chi connectivity index (χ0v) is 17.5. The van der Waals surface area contributed by atoms with E-state index in [9.17, 15) is 24.0 Å². The smallest absolute Gasteiger partial charge is 0.305 e. The summed E-state index contributed by atoms with van der Waals surface area (Å²) < 4.78 is 0. The van der Waals surface area contributed by atoms with E-state index in [-0.39, 0.29) is 0 Å². The Balaban J connectivity index is 1.64. The van der Waals surface area contributed by atoms with Crippen molar-refractivity contribution in [3.8, 4) is 0 Å². The molecule has 3 amide bonds. The molecule has 0 saturated carbocycles. The number of aliphatic carboxylic acids is 1. The molecule has 10 heteroatoms. The van der Waals surface area contributed by atoms with Crippen molar-refractivity contribution in [3.63, 3.8) is 0 Å². The van der Waals surface area contributed by atoms with E-state index < -0.39 is 48.2 Å². The molecule has 2 aromatic rings. The second kappa shape index (κ2) is 9.99. The number of rotatable bonds is 8. The van der Waals surface area contributed by atoms with Crippen LogP contribution in [0.2, 0.25) is 0 Å². The number of benzene rings is 1. The Morgan fingerprint density at radius 2 is 2.03 bits per heavy atom. The van der Waals surface area contributed by atoms with Gasteiger partial charge in [-0.25, -0.2) is 0 Å². The first-order valence-corrected chi connectivity index (χ1v) is 10.2. The Kier molecular flexibility index (Phi) is 7.14. The number of aromatic nitrogens is 1. The number of amides is 3. The molecule has 1 aromatic carbocycles. The molecule has 0 radical (unpaired) electrons. The fraction of sp³-hybridized carbons (Fsp3) is 0.364. The van der Waals surface area contributed by atoms with Gasteiger partial charge in [0.05, 0.1) is 18.0 Å². The predicted molar refractivity (Wildman–Crippen MR) is 114 cm³/mol. The average molecular weight is 440 g/mol. The molecule has 1 aromatic heterocycles. The number of aldehydes is 1. The number of carboxylic acid groups (broad SMARTS) is 1. The molecule has 10 nitrogen and oxygen atoms in total. The molecule has 0 bridgehead atoms. The maximum atomic E-state index is 12.9. The molecule has 32 heavy (non-hydrogen) atoms. The Hall–Kier alpha value is -3.82. The number of carboxylic acids is 1. The van der Waals surface area contributed by atoms with Gasteiger partial charge in [-0.05, 0) is 44.0 Å². The summed E-state index contributed by atoms with van der Waals surface area (Å²) in [7, 11) is 0. The Morgan fingerprint density at radius 1 is 1.25 bits per heavy atom. The molecule has 1 saturated heterocycles. The van der Waals surface area contributed by atoms with Crippen LogP contribution in [0.4, 0.5) is 0 Å². The van der Waals surface area contributed by atoms with Gasteiger partial charge in [0.2, 0.25) is 11.8 Å². The van der Waals surface area contributed by atoms with Gasteiger partial charge in [0.1, 0.15) is 18.4 Å². The van der Waals surface area contributed by atoms with Crippen molar-refractivity contribution in [3.05, 3.63) is 42.1 Å². The molecular formula is C22H24N4O6. The van der Waals surface area contributed by atoms with Gasteiger partial charge in [0.25, 0.3) is 5.91 Å². The highest BCUT2D eigenvalue weighted by Gasteiger charge is 2.37. The van der Waals surface area contributed by atoms with Gasteiger partial charge in [-0.3, -0.25) is 24.2 Å². The van der Waals surface area contributed by atoms with Crippen molar-refractivity contribution < 1.29 is 29.1 Å². The van der Waals surface area contributed by atoms with Gasteiger partial charge in [-0.1, -0.05) is 6.07 Å². The van der Waals surface area contributed by atoms with Crippen molar-refractivity contribution in [1.29, 1.82) is 0 Å². The van der Waals surface area contributed by atoms with Crippen LogP contribution in [0, 0.1) is 0 Å². The zero-order chi connectivity index (χ0) is 23.3. The predicted octanol–water partition coefficient (Wildman–Crippen LogP) is 0.503. The summed E-state index contributed by atoms with van der Waals surface area (Å²) in [6.07, 6.45) is 2.44. The van der Waals surface area contributed by atoms with Crippen LogP contribution in [0.1, 0.15) is 36.5 Å². The number of nitrogens with zero attached hydrogens (tertiary/aromatic N) is 2. The van der Waals surface area contributed by atoms with Crippen LogP contribution >= 0.6 is 0 Å². The molecule has 2 heterocycles. The van der Waals surface area contributed by atoms with Crippen LogP contribution in [0.5, 0.6) is 0 Å². The van der Waals surface area contributed by atoms with Crippen molar-refractivity contribution in [1.82, 2.24) is 20.5 Å². The summed E-state index contributed by atoms with van der Waals surface area (Å²) in [5.41, 5.74) is 1.12. The highest BCUT2D eigenvalue weighted by Crippen LogP contribution is 2.19. The SMILES string of the molecule is C[C@H](NC(=O)c1ccc2ncccc2c1)C(=O)N1CCC[C@H]1C(=O)N[C@H](C=O)CC(=O)O. The number of likely N-dealkylation sites (tertiary alicyclic amines) is 1. The lowest BCUT2D eigenvalue weighted by atomic mass is 10.1. The maximum Gasteiger partial charge on any atom is 0.305 e. The summed E-state index contributed by atoms with van der Waals surface area (Å²) in [6, 6.07) is 5.73. The Bertz CT molecular complexity index is 1060. The number of carbonyl (C=O) groups is 5. The number of hydrogen-bond acceptors (Lipinski definition) is 6. The second-order valence-electron chi connectivity index (χ2n) is 7.64.